The summed E-state index contributed by atoms with van der Waals surface area (Å²) in [5.74, 6) is 0.209. The van der Waals surface area contributed by atoms with Gasteiger partial charge in [0, 0.05) is 12.2 Å². The maximum atomic E-state index is 12.1. The van der Waals surface area contributed by atoms with E-state index in [0.29, 0.717) is 18.9 Å². The largest absolute Gasteiger partial charge is 0.356 e. The van der Waals surface area contributed by atoms with E-state index in [9.17, 15) is 9.59 Å². The maximum absolute atomic E-state index is 12.1. The summed E-state index contributed by atoms with van der Waals surface area (Å²) in [4.78, 5) is 24.0. The minimum absolute atomic E-state index is 0.0139. The molecule has 0 spiro atoms. The van der Waals surface area contributed by atoms with Crippen LogP contribution in [0.15, 0.2) is 24.3 Å². The summed E-state index contributed by atoms with van der Waals surface area (Å²) < 4.78 is 0. The lowest BCUT2D eigenvalue weighted by atomic mass is 10.1. The van der Waals surface area contributed by atoms with E-state index < -0.39 is 0 Å². The van der Waals surface area contributed by atoms with Gasteiger partial charge in [-0.3, -0.25) is 9.59 Å². The molecular formula is C17H24N2O2. The SMILES string of the molecule is Cc1cccc(NC(=O)C2CC2C(=O)NCCC(C)C)c1. The van der Waals surface area contributed by atoms with E-state index in [4.69, 9.17) is 0 Å². The molecule has 4 nitrogen and oxygen atoms in total. The minimum Gasteiger partial charge on any atom is -0.356 e. The fraction of sp³-hybridized carbons (Fsp3) is 0.529. The van der Waals surface area contributed by atoms with Crippen LogP contribution in [0.4, 0.5) is 5.69 Å². The Hall–Kier alpha value is -1.84. The van der Waals surface area contributed by atoms with E-state index >= 15 is 0 Å². The van der Waals surface area contributed by atoms with Crippen molar-refractivity contribution in [3.05, 3.63) is 29.8 Å². The van der Waals surface area contributed by atoms with Gasteiger partial charge in [0.05, 0.1) is 11.8 Å². The molecule has 0 aliphatic heterocycles. The number of anilines is 1. The van der Waals surface area contributed by atoms with Gasteiger partial charge in [-0.25, -0.2) is 0 Å². The molecule has 1 aliphatic rings. The van der Waals surface area contributed by atoms with Crippen LogP contribution in [0.3, 0.4) is 0 Å². The molecule has 0 bridgehead atoms. The van der Waals surface area contributed by atoms with Crippen LogP contribution in [0.25, 0.3) is 0 Å². The second-order valence-electron chi connectivity index (χ2n) is 6.28. The average Bonchev–Trinajstić information content (AvgIpc) is 3.18. The van der Waals surface area contributed by atoms with Crippen LogP contribution in [-0.2, 0) is 9.59 Å². The molecular weight excluding hydrogens is 264 g/mol. The Bertz CT molecular complexity index is 525. The minimum atomic E-state index is -0.176. The lowest BCUT2D eigenvalue weighted by Crippen LogP contribution is -2.28. The van der Waals surface area contributed by atoms with E-state index in [-0.39, 0.29) is 23.7 Å². The number of benzene rings is 1. The number of carbonyl (C=O) groups excluding carboxylic acids is 2. The summed E-state index contributed by atoms with van der Waals surface area (Å²) >= 11 is 0. The molecule has 2 unspecified atom stereocenters. The van der Waals surface area contributed by atoms with Crippen LogP contribution >= 0.6 is 0 Å². The van der Waals surface area contributed by atoms with Crippen LogP contribution < -0.4 is 10.6 Å². The lowest BCUT2D eigenvalue weighted by Gasteiger charge is -2.07. The van der Waals surface area contributed by atoms with Gasteiger partial charge in [-0.05, 0) is 43.4 Å². The fourth-order valence-electron chi connectivity index (χ4n) is 2.35. The lowest BCUT2D eigenvalue weighted by molar-refractivity contribution is -0.125. The molecule has 0 saturated heterocycles. The van der Waals surface area contributed by atoms with Crippen molar-refractivity contribution in [2.75, 3.05) is 11.9 Å². The Morgan fingerprint density at radius 3 is 2.62 bits per heavy atom. The van der Waals surface area contributed by atoms with Crippen molar-refractivity contribution in [2.45, 2.75) is 33.6 Å². The summed E-state index contributed by atoms with van der Waals surface area (Å²) in [7, 11) is 0. The van der Waals surface area contributed by atoms with Crippen molar-refractivity contribution in [3.63, 3.8) is 0 Å². The molecule has 1 aromatic rings. The highest BCUT2D eigenvalue weighted by Crippen LogP contribution is 2.39. The number of aryl methyl sites for hydroxylation is 1. The van der Waals surface area contributed by atoms with Gasteiger partial charge in [-0.15, -0.1) is 0 Å². The van der Waals surface area contributed by atoms with Gasteiger partial charge in [0.1, 0.15) is 0 Å². The fourth-order valence-corrected chi connectivity index (χ4v) is 2.35. The zero-order chi connectivity index (χ0) is 15.4. The molecule has 4 heteroatoms. The average molecular weight is 288 g/mol. The summed E-state index contributed by atoms with van der Waals surface area (Å²) in [6.07, 6.45) is 1.63. The predicted molar refractivity (Wildman–Crippen MR) is 83.9 cm³/mol. The third-order valence-corrected chi connectivity index (χ3v) is 3.77. The molecule has 2 atom stereocenters. The molecule has 21 heavy (non-hydrogen) atoms. The molecule has 2 rings (SSSR count). The first-order valence-electron chi connectivity index (χ1n) is 7.62. The Morgan fingerprint density at radius 2 is 1.95 bits per heavy atom. The quantitative estimate of drug-likeness (QED) is 0.845. The van der Waals surface area contributed by atoms with Crippen LogP contribution in [0.1, 0.15) is 32.3 Å². The number of hydrogen-bond acceptors (Lipinski definition) is 2. The van der Waals surface area contributed by atoms with E-state index in [1.165, 1.54) is 0 Å². The van der Waals surface area contributed by atoms with Gasteiger partial charge in [0.15, 0.2) is 0 Å². The molecule has 1 fully saturated rings. The molecule has 0 radical (unpaired) electrons. The van der Waals surface area contributed by atoms with E-state index in [2.05, 4.69) is 24.5 Å². The van der Waals surface area contributed by atoms with Crippen molar-refractivity contribution in [3.8, 4) is 0 Å². The van der Waals surface area contributed by atoms with E-state index in [1.54, 1.807) is 0 Å². The molecule has 2 amide bonds. The van der Waals surface area contributed by atoms with E-state index in [0.717, 1.165) is 17.7 Å². The molecule has 1 aromatic carbocycles. The van der Waals surface area contributed by atoms with Gasteiger partial charge in [-0.2, -0.15) is 0 Å². The monoisotopic (exact) mass is 288 g/mol. The maximum Gasteiger partial charge on any atom is 0.228 e. The third kappa shape index (κ3) is 4.59. The van der Waals surface area contributed by atoms with Gasteiger partial charge in [0.25, 0.3) is 0 Å². The number of hydrogen-bond donors (Lipinski definition) is 2. The first-order chi connectivity index (χ1) is 9.97. The number of nitrogens with one attached hydrogen (secondary N) is 2. The van der Waals surface area contributed by atoms with Gasteiger partial charge >= 0.3 is 0 Å². The normalized spacial score (nSPS) is 20.2. The van der Waals surface area contributed by atoms with Gasteiger partial charge in [0.2, 0.25) is 11.8 Å². The number of carbonyl (C=O) groups is 2. The van der Waals surface area contributed by atoms with Crippen LogP contribution in [0.5, 0.6) is 0 Å². The Balaban J connectivity index is 1.77. The first-order valence-corrected chi connectivity index (χ1v) is 7.62. The molecule has 2 N–H and O–H groups in total. The van der Waals surface area contributed by atoms with Crippen LogP contribution in [0, 0.1) is 24.7 Å². The zero-order valence-corrected chi connectivity index (χ0v) is 13.0. The van der Waals surface area contributed by atoms with Crippen LogP contribution in [0.2, 0.25) is 0 Å². The van der Waals surface area contributed by atoms with Gasteiger partial charge < -0.3 is 10.6 Å². The first kappa shape index (κ1) is 15.5. The standard InChI is InChI=1S/C17H24N2O2/c1-11(2)7-8-18-16(20)14-10-15(14)17(21)19-13-6-4-5-12(3)9-13/h4-6,9,11,14-15H,7-8,10H2,1-3H3,(H,18,20)(H,19,21). The highest BCUT2D eigenvalue weighted by atomic mass is 16.2. The third-order valence-electron chi connectivity index (χ3n) is 3.77. The Labute approximate surface area is 126 Å². The summed E-state index contributed by atoms with van der Waals surface area (Å²) in [6, 6.07) is 7.69. The van der Waals surface area contributed by atoms with E-state index in [1.807, 2.05) is 31.2 Å². The summed E-state index contributed by atoms with van der Waals surface area (Å²) in [5.41, 5.74) is 1.90. The van der Waals surface area contributed by atoms with Crippen molar-refractivity contribution in [1.29, 1.82) is 0 Å². The summed E-state index contributed by atoms with van der Waals surface area (Å²) in [6.45, 7) is 6.93. The zero-order valence-electron chi connectivity index (χ0n) is 13.0. The second kappa shape index (κ2) is 6.74. The van der Waals surface area contributed by atoms with Crippen molar-refractivity contribution in [2.24, 2.45) is 17.8 Å². The Morgan fingerprint density at radius 1 is 1.24 bits per heavy atom. The van der Waals surface area contributed by atoms with Crippen molar-refractivity contribution >= 4 is 17.5 Å². The molecule has 0 heterocycles. The highest BCUT2D eigenvalue weighted by Gasteiger charge is 2.47. The molecule has 0 aromatic heterocycles. The van der Waals surface area contributed by atoms with Crippen LogP contribution in [-0.4, -0.2) is 18.4 Å². The van der Waals surface area contributed by atoms with Crippen molar-refractivity contribution in [1.82, 2.24) is 5.32 Å². The second-order valence-corrected chi connectivity index (χ2v) is 6.28. The predicted octanol–water partition coefficient (Wildman–Crippen LogP) is 2.73. The topological polar surface area (TPSA) is 58.2 Å². The smallest absolute Gasteiger partial charge is 0.228 e. The molecule has 114 valence electrons. The highest BCUT2D eigenvalue weighted by molar-refractivity contribution is 5.99. The summed E-state index contributed by atoms with van der Waals surface area (Å²) in [5, 5.41) is 5.80. The number of amides is 2. The molecule has 1 aliphatic carbocycles. The van der Waals surface area contributed by atoms with Gasteiger partial charge in [-0.1, -0.05) is 26.0 Å². The Kier molecular flexibility index (Phi) is 4.99. The molecule has 1 saturated carbocycles. The number of rotatable bonds is 6. The van der Waals surface area contributed by atoms with Crippen molar-refractivity contribution < 1.29 is 9.59 Å².